The third kappa shape index (κ3) is 4.10. The van der Waals surface area contributed by atoms with E-state index in [1.54, 1.807) is 16.9 Å². The molecule has 7 nitrogen and oxygen atoms in total. The highest BCUT2D eigenvalue weighted by atomic mass is 19.3. The normalized spacial score (nSPS) is 19.1. The number of ether oxygens (including phenoxy) is 1. The molecule has 2 aliphatic rings. The molecular weight excluding hydrogens is 404 g/mol. The average molecular weight is 427 g/mol. The molecule has 3 aromatic heterocycles. The number of fused-ring (bicyclic) bond motifs is 1. The number of carbonyl (C=O) groups is 1. The van der Waals surface area contributed by atoms with E-state index in [9.17, 15) is 13.6 Å². The number of nitrogens with one attached hydrogen (secondary N) is 1. The molecule has 0 bridgehead atoms. The fourth-order valence-electron chi connectivity index (χ4n) is 3.99. The highest BCUT2D eigenvalue weighted by molar-refractivity contribution is 5.93. The van der Waals surface area contributed by atoms with Gasteiger partial charge in [-0.1, -0.05) is 0 Å². The first-order valence-electron chi connectivity index (χ1n) is 10.3. The van der Waals surface area contributed by atoms with Gasteiger partial charge in [-0.2, -0.15) is 5.10 Å². The molecule has 2 fully saturated rings. The van der Waals surface area contributed by atoms with Crippen LogP contribution >= 0.6 is 0 Å². The molecule has 0 atom stereocenters. The number of alkyl halides is 2. The first kappa shape index (κ1) is 19.9. The fourth-order valence-corrected chi connectivity index (χ4v) is 3.99. The third-order valence-corrected chi connectivity index (χ3v) is 5.71. The molecule has 31 heavy (non-hydrogen) atoms. The van der Waals surface area contributed by atoms with Crippen molar-refractivity contribution in [1.82, 2.24) is 14.6 Å². The van der Waals surface area contributed by atoms with E-state index in [2.05, 4.69) is 15.4 Å². The summed E-state index contributed by atoms with van der Waals surface area (Å²) in [6, 6.07) is 7.50. The molecular formula is C22H23F2N5O2. The molecule has 1 amide bonds. The van der Waals surface area contributed by atoms with Gasteiger partial charge in [0, 0.05) is 42.3 Å². The predicted molar refractivity (Wildman–Crippen MR) is 111 cm³/mol. The minimum atomic E-state index is -2.72. The van der Waals surface area contributed by atoms with Crippen molar-refractivity contribution < 1.29 is 18.3 Å². The smallest absolute Gasteiger partial charge is 0.251 e. The summed E-state index contributed by atoms with van der Waals surface area (Å²) in [6.45, 7) is 1.86. The van der Waals surface area contributed by atoms with Crippen LogP contribution < -0.4 is 15.8 Å². The number of aromatic nitrogens is 3. The molecule has 2 aliphatic carbocycles. The lowest BCUT2D eigenvalue weighted by molar-refractivity contribution is -0.131. The average Bonchev–Trinajstić information content (AvgIpc) is 3.45. The number of pyridine rings is 2. The van der Waals surface area contributed by atoms with Gasteiger partial charge < -0.3 is 15.8 Å². The lowest BCUT2D eigenvalue weighted by atomic mass is 9.75. The number of amides is 1. The number of hydrogen-bond donors (Lipinski definition) is 2. The lowest BCUT2D eigenvalue weighted by Gasteiger charge is -2.43. The van der Waals surface area contributed by atoms with E-state index < -0.39 is 11.5 Å². The Balaban J connectivity index is 1.39. The van der Waals surface area contributed by atoms with E-state index in [-0.39, 0.29) is 31.3 Å². The van der Waals surface area contributed by atoms with Gasteiger partial charge in [-0.05, 0) is 43.5 Å². The molecule has 0 aliphatic heterocycles. The van der Waals surface area contributed by atoms with Gasteiger partial charge in [0.05, 0.1) is 17.3 Å². The predicted octanol–water partition coefficient (Wildman–Crippen LogP) is 3.56. The largest absolute Gasteiger partial charge is 0.489 e. The zero-order valence-corrected chi connectivity index (χ0v) is 17.1. The second-order valence-corrected chi connectivity index (χ2v) is 8.76. The maximum absolute atomic E-state index is 13.3. The van der Waals surface area contributed by atoms with Crippen LogP contribution in [0.4, 0.5) is 14.6 Å². The minimum Gasteiger partial charge on any atom is -0.489 e. The Morgan fingerprint density at radius 1 is 1.32 bits per heavy atom. The fraction of sp³-hybridized carbons (Fsp3) is 0.409. The van der Waals surface area contributed by atoms with E-state index in [4.69, 9.17) is 10.5 Å². The Hall–Kier alpha value is -3.07. The zero-order chi connectivity index (χ0) is 21.8. The van der Waals surface area contributed by atoms with Crippen molar-refractivity contribution in [3.05, 3.63) is 42.4 Å². The van der Waals surface area contributed by atoms with Gasteiger partial charge in [0.15, 0.2) is 5.82 Å². The van der Waals surface area contributed by atoms with E-state index >= 15 is 0 Å². The van der Waals surface area contributed by atoms with Crippen molar-refractivity contribution in [3.8, 4) is 16.9 Å². The van der Waals surface area contributed by atoms with Crippen molar-refractivity contribution in [2.24, 2.45) is 11.7 Å². The van der Waals surface area contributed by atoms with Crippen LogP contribution in [0, 0.1) is 12.8 Å². The lowest BCUT2D eigenvalue weighted by Crippen LogP contribution is -2.61. The number of nitrogens with two attached hydrogens (primary N) is 1. The van der Waals surface area contributed by atoms with Crippen molar-refractivity contribution in [1.29, 1.82) is 0 Å². The van der Waals surface area contributed by atoms with Crippen molar-refractivity contribution in [2.45, 2.75) is 44.1 Å². The summed E-state index contributed by atoms with van der Waals surface area (Å²) in [5, 5.41) is 7.24. The molecule has 5 rings (SSSR count). The number of aryl methyl sites for hydroxylation is 1. The number of carbonyl (C=O) groups excluding carboxylic acids is 1. The van der Waals surface area contributed by atoms with Gasteiger partial charge >= 0.3 is 0 Å². The number of halogens is 2. The Bertz CT molecular complexity index is 1160. The summed E-state index contributed by atoms with van der Waals surface area (Å²) in [7, 11) is 0. The van der Waals surface area contributed by atoms with E-state index in [1.807, 2.05) is 31.2 Å². The second-order valence-electron chi connectivity index (χ2n) is 8.76. The number of rotatable bonds is 6. The summed E-state index contributed by atoms with van der Waals surface area (Å²) < 4.78 is 34.0. The van der Waals surface area contributed by atoms with Crippen LogP contribution in [0.1, 0.15) is 31.4 Å². The van der Waals surface area contributed by atoms with Crippen LogP contribution in [0.25, 0.3) is 16.6 Å². The highest BCUT2D eigenvalue weighted by Crippen LogP contribution is 2.44. The summed E-state index contributed by atoms with van der Waals surface area (Å²) >= 11 is 0. The van der Waals surface area contributed by atoms with Crippen LogP contribution in [0.15, 0.2) is 36.7 Å². The molecule has 2 saturated carbocycles. The standard InChI is InChI=1S/C22H23F2N5O2/c1-13-6-17(18(9-26-13)31-12-21(25)10-22(23,24)11-21)15-4-5-29-16(7-15)8-19(28-29)27-20(30)14-2-3-14/h4-9,14H,2-3,10-12,25H2,1H3,(H,27,28,30). The van der Waals surface area contributed by atoms with Crippen molar-refractivity contribution in [3.63, 3.8) is 0 Å². The summed E-state index contributed by atoms with van der Waals surface area (Å²) in [5.41, 5.74) is 8.23. The molecule has 0 spiro atoms. The van der Waals surface area contributed by atoms with Crippen LogP contribution in [0.3, 0.4) is 0 Å². The first-order valence-corrected chi connectivity index (χ1v) is 10.3. The first-order chi connectivity index (χ1) is 14.7. The maximum atomic E-state index is 13.3. The van der Waals surface area contributed by atoms with E-state index in [0.717, 1.165) is 35.2 Å². The summed E-state index contributed by atoms with van der Waals surface area (Å²) in [6.07, 6.45) is 4.47. The summed E-state index contributed by atoms with van der Waals surface area (Å²) in [5.74, 6) is -1.63. The van der Waals surface area contributed by atoms with Gasteiger partial charge in [-0.3, -0.25) is 9.78 Å². The van der Waals surface area contributed by atoms with Crippen LogP contribution in [-0.2, 0) is 4.79 Å². The number of nitrogens with zero attached hydrogens (tertiary/aromatic N) is 3. The highest BCUT2D eigenvalue weighted by Gasteiger charge is 2.54. The van der Waals surface area contributed by atoms with Crippen LogP contribution in [-0.4, -0.2) is 38.6 Å². The second kappa shape index (κ2) is 6.98. The van der Waals surface area contributed by atoms with Gasteiger partial charge in [0.2, 0.25) is 5.91 Å². The van der Waals surface area contributed by atoms with Crippen LogP contribution in [0.5, 0.6) is 5.75 Å². The van der Waals surface area contributed by atoms with E-state index in [0.29, 0.717) is 11.6 Å². The maximum Gasteiger partial charge on any atom is 0.251 e. The zero-order valence-electron chi connectivity index (χ0n) is 17.1. The molecule has 0 aromatic carbocycles. The quantitative estimate of drug-likeness (QED) is 0.627. The van der Waals surface area contributed by atoms with Crippen molar-refractivity contribution in [2.75, 3.05) is 11.9 Å². The van der Waals surface area contributed by atoms with Crippen molar-refractivity contribution >= 4 is 17.2 Å². The Morgan fingerprint density at radius 2 is 2.10 bits per heavy atom. The Kier molecular flexibility index (Phi) is 4.47. The number of anilines is 1. The number of hydrogen-bond acceptors (Lipinski definition) is 5. The molecule has 162 valence electrons. The van der Waals surface area contributed by atoms with Crippen LogP contribution in [0.2, 0.25) is 0 Å². The molecule has 0 unspecified atom stereocenters. The molecule has 3 heterocycles. The van der Waals surface area contributed by atoms with Gasteiger partial charge in [-0.15, -0.1) is 0 Å². The monoisotopic (exact) mass is 427 g/mol. The Morgan fingerprint density at radius 3 is 2.81 bits per heavy atom. The van der Waals surface area contributed by atoms with Gasteiger partial charge in [-0.25, -0.2) is 13.3 Å². The van der Waals surface area contributed by atoms with E-state index in [1.165, 1.54) is 0 Å². The molecule has 3 N–H and O–H groups in total. The van der Waals surface area contributed by atoms with Gasteiger partial charge in [0.25, 0.3) is 5.92 Å². The summed E-state index contributed by atoms with van der Waals surface area (Å²) in [4.78, 5) is 16.3. The third-order valence-electron chi connectivity index (χ3n) is 5.71. The molecule has 9 heteroatoms. The molecule has 0 saturated heterocycles. The Labute approximate surface area is 177 Å². The van der Waals surface area contributed by atoms with Gasteiger partial charge in [0.1, 0.15) is 12.4 Å². The minimum absolute atomic E-state index is 0.00126. The molecule has 0 radical (unpaired) electrons. The SMILES string of the molecule is Cc1cc(-c2ccn3nc(NC(=O)C4CC4)cc3c2)c(OCC2(N)CC(F)(F)C2)cn1. The topological polar surface area (TPSA) is 94.5 Å². The molecule has 3 aromatic rings.